The molecule has 0 aliphatic carbocycles. The molecule has 21 heavy (non-hydrogen) atoms. The highest BCUT2D eigenvalue weighted by molar-refractivity contribution is 5.97. The summed E-state index contributed by atoms with van der Waals surface area (Å²) in [6.45, 7) is 0. The predicted molar refractivity (Wildman–Crippen MR) is 78.4 cm³/mol. The Kier molecular flexibility index (Phi) is 4.27. The van der Waals surface area contributed by atoms with Crippen LogP contribution in [0.1, 0.15) is 10.4 Å². The summed E-state index contributed by atoms with van der Waals surface area (Å²) in [5.74, 6) is -0.614. The molecule has 0 radical (unpaired) electrons. The minimum Gasteiger partial charge on any atom is -0.494 e. The third-order valence-electron chi connectivity index (χ3n) is 2.88. The zero-order chi connectivity index (χ0) is 15.4. The first kappa shape index (κ1) is 14.6. The Morgan fingerprint density at radius 1 is 1.14 bits per heavy atom. The van der Waals surface area contributed by atoms with Crippen LogP contribution >= 0.6 is 0 Å². The van der Waals surface area contributed by atoms with Gasteiger partial charge in [-0.2, -0.15) is 0 Å². The van der Waals surface area contributed by atoms with Crippen molar-refractivity contribution in [3.05, 3.63) is 47.8 Å². The number of rotatable bonds is 4. The molecule has 5 nitrogen and oxygen atoms in total. The van der Waals surface area contributed by atoms with Crippen molar-refractivity contribution in [1.82, 2.24) is 0 Å². The number of methoxy groups -OCH3 is 2. The molecule has 0 atom stereocenters. The van der Waals surface area contributed by atoms with Crippen LogP contribution in [0.5, 0.6) is 5.75 Å². The number of nitrogens with one attached hydrogen (secondary N) is 1. The van der Waals surface area contributed by atoms with Crippen molar-refractivity contribution >= 4 is 23.0 Å². The van der Waals surface area contributed by atoms with Crippen molar-refractivity contribution in [2.45, 2.75) is 0 Å². The van der Waals surface area contributed by atoms with Crippen molar-refractivity contribution in [1.29, 1.82) is 0 Å². The second kappa shape index (κ2) is 6.13. The van der Waals surface area contributed by atoms with Crippen molar-refractivity contribution in [3.8, 4) is 5.75 Å². The van der Waals surface area contributed by atoms with Crippen molar-refractivity contribution in [3.63, 3.8) is 0 Å². The lowest BCUT2D eigenvalue weighted by Gasteiger charge is -2.14. The van der Waals surface area contributed by atoms with Crippen molar-refractivity contribution < 1.29 is 18.7 Å². The highest BCUT2D eigenvalue weighted by Crippen LogP contribution is 2.30. The molecule has 0 saturated heterocycles. The van der Waals surface area contributed by atoms with Gasteiger partial charge in [0.1, 0.15) is 11.6 Å². The van der Waals surface area contributed by atoms with Crippen LogP contribution in [-0.4, -0.2) is 20.2 Å². The minimum atomic E-state index is -0.522. The average molecular weight is 290 g/mol. The van der Waals surface area contributed by atoms with Gasteiger partial charge in [0.15, 0.2) is 0 Å². The molecule has 0 aliphatic heterocycles. The molecule has 110 valence electrons. The Morgan fingerprint density at radius 2 is 1.86 bits per heavy atom. The predicted octanol–water partition coefficient (Wildman–Crippen LogP) is 2.95. The van der Waals surface area contributed by atoms with E-state index in [2.05, 4.69) is 5.32 Å². The Balaban J connectivity index is 2.42. The largest absolute Gasteiger partial charge is 0.494 e. The third kappa shape index (κ3) is 3.22. The highest BCUT2D eigenvalue weighted by Gasteiger charge is 2.14. The number of hydrogen-bond donors (Lipinski definition) is 2. The number of hydrogen-bond acceptors (Lipinski definition) is 5. The zero-order valence-corrected chi connectivity index (χ0v) is 11.6. The Morgan fingerprint density at radius 3 is 2.52 bits per heavy atom. The van der Waals surface area contributed by atoms with E-state index in [0.717, 1.165) is 0 Å². The molecule has 0 fully saturated rings. The van der Waals surface area contributed by atoms with E-state index in [1.54, 1.807) is 12.1 Å². The lowest BCUT2D eigenvalue weighted by molar-refractivity contribution is 0.0602. The average Bonchev–Trinajstić information content (AvgIpc) is 2.49. The van der Waals surface area contributed by atoms with E-state index in [4.69, 9.17) is 15.2 Å². The quantitative estimate of drug-likeness (QED) is 0.669. The van der Waals surface area contributed by atoms with E-state index in [1.165, 1.54) is 38.5 Å². The van der Waals surface area contributed by atoms with Gasteiger partial charge in [0.25, 0.3) is 0 Å². The van der Waals surface area contributed by atoms with E-state index in [9.17, 15) is 9.18 Å². The monoisotopic (exact) mass is 290 g/mol. The molecule has 0 aliphatic rings. The number of benzene rings is 2. The Labute approximate surface area is 121 Å². The smallest absolute Gasteiger partial charge is 0.340 e. The molecule has 2 aromatic rings. The van der Waals surface area contributed by atoms with Crippen LogP contribution in [0.25, 0.3) is 0 Å². The number of carbonyl (C=O) groups is 1. The lowest BCUT2D eigenvalue weighted by Crippen LogP contribution is -2.07. The fourth-order valence-electron chi connectivity index (χ4n) is 1.86. The van der Waals surface area contributed by atoms with Crippen molar-refractivity contribution in [2.75, 3.05) is 25.3 Å². The van der Waals surface area contributed by atoms with Gasteiger partial charge in [0.2, 0.25) is 0 Å². The molecule has 0 heterocycles. The van der Waals surface area contributed by atoms with E-state index in [0.29, 0.717) is 22.8 Å². The van der Waals surface area contributed by atoms with Crippen LogP contribution in [0, 0.1) is 5.82 Å². The highest BCUT2D eigenvalue weighted by atomic mass is 19.1. The zero-order valence-electron chi connectivity index (χ0n) is 11.6. The van der Waals surface area contributed by atoms with Gasteiger partial charge in [-0.05, 0) is 30.3 Å². The van der Waals surface area contributed by atoms with Crippen LogP contribution < -0.4 is 15.8 Å². The molecule has 0 unspecified atom stereocenters. The second-order valence-corrected chi connectivity index (χ2v) is 4.27. The number of halogens is 1. The van der Waals surface area contributed by atoms with Gasteiger partial charge < -0.3 is 20.5 Å². The van der Waals surface area contributed by atoms with Gasteiger partial charge in [-0.15, -0.1) is 0 Å². The molecule has 0 saturated carbocycles. The molecular formula is C15H15FN2O3. The van der Waals surface area contributed by atoms with E-state index in [-0.39, 0.29) is 5.56 Å². The molecule has 3 N–H and O–H groups in total. The van der Waals surface area contributed by atoms with Crippen LogP contribution in [0.2, 0.25) is 0 Å². The molecule has 2 aromatic carbocycles. The van der Waals surface area contributed by atoms with Gasteiger partial charge in [0, 0.05) is 11.8 Å². The van der Waals surface area contributed by atoms with Gasteiger partial charge >= 0.3 is 5.97 Å². The Bertz CT molecular complexity index is 674. The van der Waals surface area contributed by atoms with E-state index >= 15 is 0 Å². The summed E-state index contributed by atoms with van der Waals surface area (Å²) in [7, 11) is 2.72. The van der Waals surface area contributed by atoms with Gasteiger partial charge in [-0.3, -0.25) is 0 Å². The van der Waals surface area contributed by atoms with E-state index < -0.39 is 11.8 Å². The van der Waals surface area contributed by atoms with E-state index in [1.807, 2.05) is 0 Å². The van der Waals surface area contributed by atoms with Gasteiger partial charge in [0.05, 0.1) is 31.2 Å². The fraction of sp³-hybridized carbons (Fsp3) is 0.133. The van der Waals surface area contributed by atoms with Crippen LogP contribution in [0.15, 0.2) is 36.4 Å². The number of esters is 1. The molecule has 6 heteroatoms. The Hall–Kier alpha value is -2.76. The maximum Gasteiger partial charge on any atom is 0.340 e. The molecule has 2 rings (SSSR count). The standard InChI is InChI=1S/C15H15FN2O3/c1-20-14-7-9(16)3-5-13(14)18-12-6-4-10(17)8-11(12)15(19)21-2/h3-8,18H,17H2,1-2H3. The summed E-state index contributed by atoms with van der Waals surface area (Å²) in [6.07, 6.45) is 0. The molecular weight excluding hydrogens is 275 g/mol. The molecule has 0 aromatic heterocycles. The first-order chi connectivity index (χ1) is 10.0. The van der Waals surface area contributed by atoms with Gasteiger partial charge in [-0.1, -0.05) is 0 Å². The molecule has 0 amide bonds. The summed E-state index contributed by atoms with van der Waals surface area (Å²) in [6, 6.07) is 8.85. The first-order valence-electron chi connectivity index (χ1n) is 6.13. The molecule has 0 bridgehead atoms. The second-order valence-electron chi connectivity index (χ2n) is 4.27. The number of ether oxygens (including phenoxy) is 2. The summed E-state index contributed by atoms with van der Waals surface area (Å²) < 4.78 is 23.0. The minimum absolute atomic E-state index is 0.281. The number of anilines is 3. The summed E-state index contributed by atoms with van der Waals surface area (Å²) in [5, 5.41) is 3.01. The van der Waals surface area contributed by atoms with Crippen LogP contribution in [0.3, 0.4) is 0 Å². The maximum absolute atomic E-state index is 13.2. The SMILES string of the molecule is COC(=O)c1cc(N)ccc1Nc1ccc(F)cc1OC. The number of carbonyl (C=O) groups excluding carboxylic acids is 1. The van der Waals surface area contributed by atoms with Crippen LogP contribution in [0.4, 0.5) is 21.5 Å². The van der Waals surface area contributed by atoms with Gasteiger partial charge in [-0.25, -0.2) is 9.18 Å². The summed E-state index contributed by atoms with van der Waals surface area (Å²) in [4.78, 5) is 11.8. The normalized spacial score (nSPS) is 10.0. The topological polar surface area (TPSA) is 73.6 Å². The molecule has 0 spiro atoms. The van der Waals surface area contributed by atoms with Crippen molar-refractivity contribution in [2.24, 2.45) is 0 Å². The third-order valence-corrected chi connectivity index (χ3v) is 2.88. The lowest BCUT2D eigenvalue weighted by atomic mass is 10.1. The number of nitrogen functional groups attached to an aromatic ring is 1. The summed E-state index contributed by atoms with van der Waals surface area (Å²) in [5.41, 5.74) is 7.41. The first-order valence-corrected chi connectivity index (χ1v) is 6.13. The summed E-state index contributed by atoms with van der Waals surface area (Å²) >= 11 is 0. The number of nitrogens with two attached hydrogens (primary N) is 1. The van der Waals surface area contributed by atoms with Crippen LogP contribution in [-0.2, 0) is 4.74 Å². The fourth-order valence-corrected chi connectivity index (χ4v) is 1.86. The maximum atomic E-state index is 13.2.